The highest BCUT2D eigenvalue weighted by molar-refractivity contribution is 5.95. The molecule has 0 aliphatic heterocycles. The van der Waals surface area contributed by atoms with Gasteiger partial charge >= 0.3 is 0 Å². The van der Waals surface area contributed by atoms with Crippen LogP contribution in [0.15, 0.2) is 24.3 Å². The van der Waals surface area contributed by atoms with Gasteiger partial charge in [-0.05, 0) is 39.0 Å². The lowest BCUT2D eigenvalue weighted by Crippen LogP contribution is -2.29. The van der Waals surface area contributed by atoms with Crippen molar-refractivity contribution >= 4 is 5.91 Å². The van der Waals surface area contributed by atoms with Crippen LogP contribution < -0.4 is 5.32 Å². The molecule has 2 aromatic rings. The third kappa shape index (κ3) is 3.42. The maximum atomic E-state index is 13.6. The number of nitrogens with zero attached hydrogens (tertiary/aromatic N) is 1. The molecule has 2 rings (SSSR count). The van der Waals surface area contributed by atoms with Crippen LogP contribution in [0.5, 0.6) is 0 Å². The normalized spacial score (nSPS) is 12.3. The van der Waals surface area contributed by atoms with E-state index in [9.17, 15) is 18.7 Å². The fourth-order valence-electron chi connectivity index (χ4n) is 2.73. The summed E-state index contributed by atoms with van der Waals surface area (Å²) in [4.78, 5) is 12.2. The third-order valence-corrected chi connectivity index (χ3v) is 3.92. The van der Waals surface area contributed by atoms with Gasteiger partial charge in [-0.1, -0.05) is 6.07 Å². The highest BCUT2D eigenvalue weighted by atomic mass is 19.1. The van der Waals surface area contributed by atoms with Gasteiger partial charge in [-0.15, -0.1) is 0 Å². The Morgan fingerprint density at radius 2 is 1.91 bits per heavy atom. The minimum atomic E-state index is -1.45. The molecule has 124 valence electrons. The van der Waals surface area contributed by atoms with Crippen molar-refractivity contribution in [3.05, 3.63) is 58.4 Å². The van der Waals surface area contributed by atoms with E-state index >= 15 is 0 Å². The van der Waals surface area contributed by atoms with Crippen LogP contribution in [0, 0.1) is 25.5 Å². The summed E-state index contributed by atoms with van der Waals surface area (Å²) in [5.74, 6) is -2.06. The van der Waals surface area contributed by atoms with Crippen LogP contribution in [-0.4, -0.2) is 22.1 Å². The number of halogens is 2. The molecule has 1 heterocycles. The lowest BCUT2D eigenvalue weighted by molar-refractivity contribution is 0.0910. The monoisotopic (exact) mass is 322 g/mol. The van der Waals surface area contributed by atoms with Crippen LogP contribution in [0.3, 0.4) is 0 Å². The Labute approximate surface area is 133 Å². The lowest BCUT2D eigenvalue weighted by atomic mass is 10.1. The molecule has 23 heavy (non-hydrogen) atoms. The predicted octanol–water partition coefficient (Wildman–Crippen LogP) is 2.87. The summed E-state index contributed by atoms with van der Waals surface area (Å²) in [6, 6.07) is 5.11. The Morgan fingerprint density at radius 1 is 1.30 bits per heavy atom. The number of carbonyl (C=O) groups is 1. The van der Waals surface area contributed by atoms with Gasteiger partial charge in [-0.2, -0.15) is 0 Å². The first-order valence-corrected chi connectivity index (χ1v) is 7.43. The number of aryl methyl sites for hydroxylation is 1. The van der Waals surface area contributed by atoms with Crippen LogP contribution in [0.25, 0.3) is 0 Å². The van der Waals surface area contributed by atoms with Gasteiger partial charge in [-0.25, -0.2) is 8.78 Å². The molecule has 1 amide bonds. The fraction of sp³-hybridized carbons (Fsp3) is 0.353. The largest absolute Gasteiger partial charge is 0.386 e. The van der Waals surface area contributed by atoms with Crippen LogP contribution in [0.4, 0.5) is 8.78 Å². The van der Waals surface area contributed by atoms with E-state index in [1.807, 2.05) is 25.3 Å². The van der Waals surface area contributed by atoms with Crippen molar-refractivity contribution in [1.29, 1.82) is 0 Å². The molecule has 1 aromatic carbocycles. The maximum absolute atomic E-state index is 13.6. The number of benzene rings is 1. The van der Waals surface area contributed by atoms with Crippen molar-refractivity contribution in [3.8, 4) is 0 Å². The highest BCUT2D eigenvalue weighted by Crippen LogP contribution is 2.20. The van der Waals surface area contributed by atoms with E-state index in [0.29, 0.717) is 5.56 Å². The summed E-state index contributed by atoms with van der Waals surface area (Å²) in [6.07, 6.45) is -1.45. The smallest absolute Gasteiger partial charge is 0.253 e. The number of aromatic nitrogens is 1. The van der Waals surface area contributed by atoms with E-state index in [0.717, 1.165) is 30.1 Å². The first kappa shape index (κ1) is 17.1. The Kier molecular flexibility index (Phi) is 5.15. The summed E-state index contributed by atoms with van der Waals surface area (Å²) in [7, 11) is 0. The van der Waals surface area contributed by atoms with Gasteiger partial charge in [0.25, 0.3) is 5.91 Å². The first-order valence-electron chi connectivity index (χ1n) is 7.43. The van der Waals surface area contributed by atoms with Crippen molar-refractivity contribution in [2.24, 2.45) is 0 Å². The average Bonchev–Trinajstić information content (AvgIpc) is 2.79. The SMILES string of the molecule is CCn1c(C)cc(C(=O)NCC(O)c2c(F)cccc2F)c1C. The number of hydrogen-bond acceptors (Lipinski definition) is 2. The van der Waals surface area contributed by atoms with Crippen LogP contribution in [0.1, 0.15) is 40.3 Å². The molecule has 0 bridgehead atoms. The zero-order valence-corrected chi connectivity index (χ0v) is 13.4. The van der Waals surface area contributed by atoms with Crippen LogP contribution >= 0.6 is 0 Å². The van der Waals surface area contributed by atoms with E-state index < -0.39 is 23.3 Å². The Bertz CT molecular complexity index is 705. The van der Waals surface area contributed by atoms with Crippen molar-refractivity contribution in [2.45, 2.75) is 33.4 Å². The second-order valence-electron chi connectivity index (χ2n) is 5.39. The zero-order chi connectivity index (χ0) is 17.1. The summed E-state index contributed by atoms with van der Waals surface area (Å²) in [5.41, 5.74) is 1.82. The molecule has 0 radical (unpaired) electrons. The van der Waals surface area contributed by atoms with E-state index in [-0.39, 0.29) is 12.5 Å². The van der Waals surface area contributed by atoms with Gasteiger partial charge in [0.2, 0.25) is 0 Å². The second kappa shape index (κ2) is 6.91. The zero-order valence-electron chi connectivity index (χ0n) is 13.4. The van der Waals surface area contributed by atoms with Gasteiger partial charge in [0.15, 0.2) is 0 Å². The molecule has 0 aliphatic rings. The summed E-state index contributed by atoms with van der Waals surface area (Å²) in [5, 5.41) is 12.5. The Morgan fingerprint density at radius 3 is 2.43 bits per heavy atom. The quantitative estimate of drug-likeness (QED) is 0.889. The number of aliphatic hydroxyl groups is 1. The number of rotatable bonds is 5. The van der Waals surface area contributed by atoms with Crippen LogP contribution in [-0.2, 0) is 6.54 Å². The Balaban J connectivity index is 2.10. The van der Waals surface area contributed by atoms with E-state index in [1.165, 1.54) is 6.07 Å². The van der Waals surface area contributed by atoms with Gasteiger partial charge in [0.1, 0.15) is 17.7 Å². The minimum Gasteiger partial charge on any atom is -0.386 e. The summed E-state index contributed by atoms with van der Waals surface area (Å²) >= 11 is 0. The molecule has 0 fully saturated rings. The molecule has 1 unspecified atom stereocenters. The molecule has 1 aromatic heterocycles. The predicted molar refractivity (Wildman–Crippen MR) is 83.2 cm³/mol. The van der Waals surface area contributed by atoms with Gasteiger partial charge in [0.05, 0.1) is 11.1 Å². The number of aliphatic hydroxyl groups excluding tert-OH is 1. The van der Waals surface area contributed by atoms with Gasteiger partial charge < -0.3 is 15.0 Å². The standard InChI is InChI=1S/C17H20F2N2O2/c1-4-21-10(2)8-12(11(21)3)17(23)20-9-15(22)16-13(18)6-5-7-14(16)19/h5-8,15,22H,4,9H2,1-3H3,(H,20,23). The van der Waals surface area contributed by atoms with Crippen LogP contribution in [0.2, 0.25) is 0 Å². The third-order valence-electron chi connectivity index (χ3n) is 3.92. The number of hydrogen-bond donors (Lipinski definition) is 2. The molecule has 4 nitrogen and oxygen atoms in total. The van der Waals surface area contributed by atoms with Crippen molar-refractivity contribution in [2.75, 3.05) is 6.54 Å². The van der Waals surface area contributed by atoms with E-state index in [1.54, 1.807) is 6.07 Å². The average molecular weight is 322 g/mol. The molecule has 0 spiro atoms. The van der Waals surface area contributed by atoms with Gasteiger partial charge in [-0.3, -0.25) is 4.79 Å². The van der Waals surface area contributed by atoms with E-state index in [4.69, 9.17) is 0 Å². The molecule has 2 N–H and O–H groups in total. The number of carbonyl (C=O) groups excluding carboxylic acids is 1. The molecular formula is C17H20F2N2O2. The second-order valence-corrected chi connectivity index (χ2v) is 5.39. The topological polar surface area (TPSA) is 54.3 Å². The fourth-order valence-corrected chi connectivity index (χ4v) is 2.73. The number of nitrogens with one attached hydrogen (secondary N) is 1. The molecular weight excluding hydrogens is 302 g/mol. The van der Waals surface area contributed by atoms with Gasteiger partial charge in [0, 0.05) is 24.5 Å². The first-order chi connectivity index (χ1) is 10.9. The maximum Gasteiger partial charge on any atom is 0.253 e. The molecule has 0 saturated heterocycles. The lowest BCUT2D eigenvalue weighted by Gasteiger charge is -2.14. The molecule has 1 atom stereocenters. The molecule has 0 aliphatic carbocycles. The van der Waals surface area contributed by atoms with Crippen molar-refractivity contribution in [3.63, 3.8) is 0 Å². The molecule has 0 saturated carbocycles. The highest BCUT2D eigenvalue weighted by Gasteiger charge is 2.20. The number of amides is 1. The minimum absolute atomic E-state index is 0.271. The summed E-state index contributed by atoms with van der Waals surface area (Å²) in [6.45, 7) is 6.18. The van der Waals surface area contributed by atoms with E-state index in [2.05, 4.69) is 5.32 Å². The Hall–Kier alpha value is -2.21. The summed E-state index contributed by atoms with van der Waals surface area (Å²) < 4.78 is 29.2. The van der Waals surface area contributed by atoms with Crippen molar-refractivity contribution in [1.82, 2.24) is 9.88 Å². The van der Waals surface area contributed by atoms with Crippen molar-refractivity contribution < 1.29 is 18.7 Å². The molecule has 6 heteroatoms.